The number of aliphatic hydroxyl groups is 2. The first-order valence-corrected chi connectivity index (χ1v) is 37.0. The number of amides is 11. The maximum atomic E-state index is 15.6. The van der Waals surface area contributed by atoms with Crippen LogP contribution in [0.2, 0.25) is 0 Å². The maximum Gasteiger partial charge on any atom is 0.261 e. The largest absolute Gasteiger partial charge is 0.391 e. The molecule has 3 fully saturated rings. The number of nitrogens with zero attached hydrogens (tertiary/aromatic N) is 8. The molecule has 1 aromatic rings. The van der Waals surface area contributed by atoms with Gasteiger partial charge in [-0.3, -0.25) is 58.1 Å². The second-order valence-corrected chi connectivity index (χ2v) is 30.9. The Balaban J connectivity index is 1.97. The summed E-state index contributed by atoms with van der Waals surface area (Å²) in [7, 11) is 8.44. The summed E-state index contributed by atoms with van der Waals surface area (Å²) in [6.45, 7) is 20.3. The molecule has 578 valence electrons. The van der Waals surface area contributed by atoms with Gasteiger partial charge in [0.15, 0.2) is 0 Å². The highest BCUT2D eigenvalue weighted by Crippen LogP contribution is 2.29. The topological polar surface area (TPSA) is 314 Å². The van der Waals surface area contributed by atoms with Crippen LogP contribution in [0.1, 0.15) is 179 Å². The van der Waals surface area contributed by atoms with Crippen LogP contribution >= 0.6 is 0 Å². The van der Waals surface area contributed by atoms with Crippen molar-refractivity contribution in [2.75, 3.05) is 81.6 Å². The number of hydrogen-bond acceptors (Lipinski definition) is 15. The van der Waals surface area contributed by atoms with Crippen LogP contribution in [-0.2, 0) is 59.2 Å². The molecule has 3 heterocycles. The van der Waals surface area contributed by atoms with Gasteiger partial charge in [-0.15, -0.1) is 0 Å². The van der Waals surface area contributed by atoms with Gasteiger partial charge in [0, 0.05) is 80.8 Å². The summed E-state index contributed by atoms with van der Waals surface area (Å²) < 4.78 is 29.1. The first kappa shape index (κ1) is 87.5. The Morgan fingerprint density at radius 2 is 1.09 bits per heavy atom. The molecule has 3 aliphatic heterocycles. The van der Waals surface area contributed by atoms with Gasteiger partial charge in [-0.25, -0.2) is 8.78 Å². The van der Waals surface area contributed by atoms with Crippen LogP contribution < -0.4 is 26.6 Å². The van der Waals surface area contributed by atoms with E-state index in [1.54, 1.807) is 49.1 Å². The van der Waals surface area contributed by atoms with Crippen LogP contribution in [0.4, 0.5) is 8.78 Å². The zero-order valence-electron chi connectivity index (χ0n) is 64.3. The van der Waals surface area contributed by atoms with Crippen molar-refractivity contribution < 1.29 is 71.7 Å². The molecule has 0 aromatic heterocycles. The van der Waals surface area contributed by atoms with Gasteiger partial charge in [-0.2, -0.15) is 0 Å². The van der Waals surface area contributed by atoms with Crippen molar-refractivity contribution in [1.29, 1.82) is 0 Å². The number of alkyl halides is 2. The van der Waals surface area contributed by atoms with Crippen LogP contribution in [0.25, 0.3) is 0 Å². The number of carbonyl (C=O) groups excluding carboxylic acids is 11. The molecule has 102 heavy (non-hydrogen) atoms. The molecule has 0 radical (unpaired) electrons. The SMILES string of the molecule is CCCCN1CC(=O)N(C)[C@@H](Cc2ccccc2)C(=O)N(C)[C@@H](CC(C)C)C(O)N[C@@H](CCC[C@@H]2CC(F)(F)CN2)C(=O)N(C)[C@@H](CC(C)C)C(=O)N[C@H](C(=O)N2CCCCC2)CC(=O)N(C)CC(=O)N(C)[C@@H](CC(C)C)C(=O)N[C@@H](C(C)C)C(=O)N(C)[C@@H](CC(C)C)C(=O)N[C@@H]([C@@H](C)O)C1=O. The van der Waals surface area contributed by atoms with Crippen molar-refractivity contribution in [2.45, 2.75) is 258 Å². The maximum absolute atomic E-state index is 15.6. The highest BCUT2D eigenvalue weighted by molar-refractivity contribution is 5.98. The minimum Gasteiger partial charge on any atom is -0.391 e. The van der Waals surface area contributed by atoms with Crippen molar-refractivity contribution in [3.05, 3.63) is 35.9 Å². The Bertz CT molecular complexity index is 2940. The van der Waals surface area contributed by atoms with Crippen molar-refractivity contribution in [2.24, 2.45) is 29.6 Å². The number of unbranched alkanes of at least 4 members (excludes halogenated alkanes) is 1. The molecule has 12 atom stereocenters. The third-order valence-electron chi connectivity index (χ3n) is 19.9. The molecule has 28 heteroatoms. The molecule has 7 N–H and O–H groups in total. The number of rotatable bonds is 20. The molecule has 1 aromatic carbocycles. The number of aliphatic hydroxyl groups excluding tert-OH is 2. The van der Waals surface area contributed by atoms with E-state index in [0.29, 0.717) is 44.3 Å². The lowest BCUT2D eigenvalue weighted by molar-refractivity contribution is -0.151. The number of nitrogens with one attached hydrogen (secondary N) is 5. The summed E-state index contributed by atoms with van der Waals surface area (Å²) >= 11 is 0. The Morgan fingerprint density at radius 1 is 0.578 bits per heavy atom. The van der Waals surface area contributed by atoms with Crippen molar-refractivity contribution in [3.63, 3.8) is 0 Å². The molecule has 1 unspecified atom stereocenters. The first-order valence-electron chi connectivity index (χ1n) is 37.0. The summed E-state index contributed by atoms with van der Waals surface area (Å²) in [6, 6.07) is -3.66. The normalized spacial score (nSPS) is 27.0. The Hall–Kier alpha value is -6.91. The number of likely N-dealkylation sites (tertiary alicyclic amines) is 1. The predicted octanol–water partition coefficient (Wildman–Crippen LogP) is 3.99. The van der Waals surface area contributed by atoms with Crippen LogP contribution in [0.5, 0.6) is 0 Å². The summed E-state index contributed by atoms with van der Waals surface area (Å²) in [4.78, 5) is 174. The van der Waals surface area contributed by atoms with Gasteiger partial charge in [0.25, 0.3) is 5.92 Å². The van der Waals surface area contributed by atoms with Crippen molar-refractivity contribution >= 4 is 65.0 Å². The van der Waals surface area contributed by atoms with Gasteiger partial charge in [0.1, 0.15) is 48.5 Å². The molecule has 3 aliphatic rings. The first-order chi connectivity index (χ1) is 47.7. The molecule has 0 saturated carbocycles. The van der Waals surface area contributed by atoms with Crippen LogP contribution in [0.3, 0.4) is 0 Å². The predicted molar refractivity (Wildman–Crippen MR) is 385 cm³/mol. The lowest BCUT2D eigenvalue weighted by Gasteiger charge is -2.40. The van der Waals surface area contributed by atoms with Crippen molar-refractivity contribution in [3.8, 4) is 0 Å². The van der Waals surface area contributed by atoms with Gasteiger partial charge in [-0.1, -0.05) is 113 Å². The monoisotopic (exact) mass is 1440 g/mol. The number of halogens is 2. The van der Waals surface area contributed by atoms with E-state index in [9.17, 15) is 47.8 Å². The highest BCUT2D eigenvalue weighted by Gasteiger charge is 2.45. The number of carbonyl (C=O) groups is 11. The van der Waals surface area contributed by atoms with Crippen LogP contribution in [-0.4, -0.2) is 275 Å². The molecular formula is C74H125F2N13O13. The number of benzene rings is 1. The van der Waals surface area contributed by atoms with E-state index in [1.807, 2.05) is 62.3 Å². The van der Waals surface area contributed by atoms with Gasteiger partial charge in [0.2, 0.25) is 65.0 Å². The second-order valence-electron chi connectivity index (χ2n) is 30.9. The average Bonchev–Trinajstić information content (AvgIpc) is 0.871. The molecule has 11 amide bonds. The fourth-order valence-electron chi connectivity index (χ4n) is 13.6. The third-order valence-corrected chi connectivity index (χ3v) is 19.9. The number of likely N-dealkylation sites (N-methyl/N-ethyl adjacent to an activating group) is 6. The molecule has 0 spiro atoms. The van der Waals surface area contributed by atoms with E-state index in [-0.39, 0.29) is 81.6 Å². The van der Waals surface area contributed by atoms with E-state index in [2.05, 4.69) is 26.6 Å². The van der Waals surface area contributed by atoms with E-state index in [4.69, 9.17) is 0 Å². The fourth-order valence-corrected chi connectivity index (χ4v) is 13.6. The van der Waals surface area contributed by atoms with Crippen LogP contribution in [0.15, 0.2) is 30.3 Å². The highest BCUT2D eigenvalue weighted by atomic mass is 19.3. The average molecular weight is 1440 g/mol. The van der Waals surface area contributed by atoms with Crippen molar-refractivity contribution in [1.82, 2.24) is 65.8 Å². The lowest BCUT2D eigenvalue weighted by Crippen LogP contribution is -2.62. The van der Waals surface area contributed by atoms with Gasteiger partial charge in [0.05, 0.1) is 44.2 Å². The summed E-state index contributed by atoms with van der Waals surface area (Å²) in [5, 5.41) is 38.5. The molecule has 0 aliphatic carbocycles. The van der Waals surface area contributed by atoms with E-state index in [1.165, 1.54) is 78.6 Å². The van der Waals surface area contributed by atoms with E-state index in [0.717, 1.165) is 11.3 Å². The Labute approximate surface area is 605 Å². The third kappa shape index (κ3) is 26.0. The minimum atomic E-state index is -2.95. The molecule has 0 bridgehead atoms. The fraction of sp³-hybridized carbons (Fsp3) is 0.770. The quantitative estimate of drug-likeness (QED) is 0.0971. The number of piperidine rings is 1. The zero-order chi connectivity index (χ0) is 76.8. The molecule has 4 rings (SSSR count). The standard InChI is InChI=1S/C74H125F2N13O13/c1-19-20-32-89-43-62(93)84(15)59(39-51-28-23-21-24-29-51)71(100)86(17)57(37-47(6)7)65(94)78-53(31-27-30-52-41-74(75,76)44-77-52)69(98)85(16)56(36-46(4)5)66(95)79-54(70(99)88-33-25-22-26-34-88)40-60(91)82(13)42-61(92)83(14)55(35-45(2)3)67(96)80-63(49(10)11)72(101)87(18)58(38-48(8)9)68(97)81-64(50(12)90)73(89)102/h21,23-24,28-29,45-50,52-59,63-65,77-78,90,94H,19-20,22,25-27,30-44H2,1-18H3,(H,79,95)(H,80,96)(H,81,97)/t50-,52-,53+,54+,55+,56+,57+,58+,59+,63+,64+,65?/m1/s1. The molecule has 3 saturated heterocycles. The Kier molecular flexibility index (Phi) is 35.1. The minimum absolute atomic E-state index is 0.0168. The smallest absolute Gasteiger partial charge is 0.261 e. The molecular weight excluding hydrogens is 1320 g/mol. The second kappa shape index (κ2) is 41.0. The van der Waals surface area contributed by atoms with Gasteiger partial charge < -0.3 is 70.7 Å². The number of hydrogen-bond donors (Lipinski definition) is 7. The molecule has 26 nitrogen and oxygen atoms in total. The van der Waals surface area contributed by atoms with E-state index < -0.39 is 182 Å². The van der Waals surface area contributed by atoms with E-state index >= 15 is 24.0 Å². The Morgan fingerprint density at radius 3 is 1.60 bits per heavy atom. The van der Waals surface area contributed by atoms with Crippen LogP contribution in [0, 0.1) is 29.6 Å². The summed E-state index contributed by atoms with van der Waals surface area (Å²) in [5.41, 5.74) is 0.651. The van der Waals surface area contributed by atoms with Gasteiger partial charge >= 0.3 is 0 Å². The summed E-state index contributed by atoms with van der Waals surface area (Å²) in [5.74, 6) is -12.2. The lowest BCUT2D eigenvalue weighted by atomic mass is 9.96. The zero-order valence-corrected chi connectivity index (χ0v) is 64.3. The summed E-state index contributed by atoms with van der Waals surface area (Å²) in [6.07, 6.45) is -0.545. The van der Waals surface area contributed by atoms with Gasteiger partial charge in [-0.05, 0) is 113 Å².